The van der Waals surface area contributed by atoms with Gasteiger partial charge < -0.3 is 9.84 Å². The van der Waals surface area contributed by atoms with Gasteiger partial charge in [-0.25, -0.2) is 0 Å². The van der Waals surface area contributed by atoms with Crippen LogP contribution in [0.5, 0.6) is 0 Å². The third kappa shape index (κ3) is 3.41. The van der Waals surface area contributed by atoms with Gasteiger partial charge in [0.1, 0.15) is 0 Å². The van der Waals surface area contributed by atoms with E-state index in [4.69, 9.17) is 16.1 Å². The summed E-state index contributed by atoms with van der Waals surface area (Å²) in [6.45, 7) is 0. The summed E-state index contributed by atoms with van der Waals surface area (Å²) in [7, 11) is 0. The van der Waals surface area contributed by atoms with Crippen LogP contribution in [0.15, 0.2) is 59.1 Å². The number of hydrogen-bond acceptors (Lipinski definition) is 5. The second-order valence-electron chi connectivity index (χ2n) is 4.85. The molecule has 0 radical (unpaired) electrons. The zero-order chi connectivity index (χ0) is 17.1. The highest BCUT2D eigenvalue weighted by Crippen LogP contribution is 2.24. The van der Waals surface area contributed by atoms with Crippen LogP contribution in [-0.4, -0.2) is 16.0 Å². The summed E-state index contributed by atoms with van der Waals surface area (Å²) in [5, 5.41) is 17.5. The van der Waals surface area contributed by atoms with Crippen molar-refractivity contribution >= 4 is 28.9 Å². The van der Waals surface area contributed by atoms with E-state index in [9.17, 15) is 14.9 Å². The number of nitro benzene ring substituents is 1. The van der Waals surface area contributed by atoms with Crippen molar-refractivity contribution in [2.24, 2.45) is 0 Å². The number of aromatic nitrogens is 1. The highest BCUT2D eigenvalue weighted by atomic mass is 35.5. The first kappa shape index (κ1) is 15.7. The Kier molecular flexibility index (Phi) is 4.26. The highest BCUT2D eigenvalue weighted by Gasteiger charge is 2.15. The van der Waals surface area contributed by atoms with Gasteiger partial charge in [0.15, 0.2) is 11.5 Å². The van der Waals surface area contributed by atoms with Gasteiger partial charge in [0.05, 0.1) is 4.92 Å². The summed E-state index contributed by atoms with van der Waals surface area (Å²) in [5.41, 5.74) is 0.912. The third-order valence-electron chi connectivity index (χ3n) is 3.17. The molecule has 1 N–H and O–H groups in total. The number of nitro groups is 1. The van der Waals surface area contributed by atoms with E-state index in [2.05, 4.69) is 10.5 Å². The van der Waals surface area contributed by atoms with Crippen molar-refractivity contribution in [2.75, 3.05) is 5.32 Å². The van der Waals surface area contributed by atoms with E-state index >= 15 is 0 Å². The summed E-state index contributed by atoms with van der Waals surface area (Å²) >= 11 is 5.92. The van der Waals surface area contributed by atoms with Gasteiger partial charge in [0, 0.05) is 34.5 Å². The van der Waals surface area contributed by atoms with Gasteiger partial charge in [-0.15, -0.1) is 0 Å². The fourth-order valence-electron chi connectivity index (χ4n) is 2.05. The molecule has 0 bridgehead atoms. The maximum atomic E-state index is 12.2. The van der Waals surface area contributed by atoms with E-state index in [0.717, 1.165) is 0 Å². The molecule has 0 atom stereocenters. The minimum atomic E-state index is -0.539. The number of non-ortho nitro benzene ring substituents is 1. The highest BCUT2D eigenvalue weighted by molar-refractivity contribution is 6.30. The van der Waals surface area contributed by atoms with Gasteiger partial charge in [-0.2, -0.15) is 0 Å². The Hall–Kier alpha value is -3.19. The number of hydrogen-bond donors (Lipinski definition) is 1. The number of anilines is 1. The topological polar surface area (TPSA) is 98.3 Å². The molecule has 0 spiro atoms. The van der Waals surface area contributed by atoms with E-state index in [1.807, 2.05) is 0 Å². The molecule has 2 aromatic carbocycles. The lowest BCUT2D eigenvalue weighted by atomic mass is 10.1. The van der Waals surface area contributed by atoms with Crippen molar-refractivity contribution in [3.05, 3.63) is 75.4 Å². The van der Waals surface area contributed by atoms with Gasteiger partial charge in [-0.05, 0) is 18.2 Å². The molecule has 0 saturated carbocycles. The predicted molar refractivity (Wildman–Crippen MR) is 88.0 cm³/mol. The Labute approximate surface area is 141 Å². The van der Waals surface area contributed by atoms with Crippen molar-refractivity contribution in [1.82, 2.24) is 5.16 Å². The van der Waals surface area contributed by atoms with Gasteiger partial charge in [-0.1, -0.05) is 35.0 Å². The lowest BCUT2D eigenvalue weighted by Crippen LogP contribution is -2.12. The number of benzene rings is 2. The SMILES string of the molecule is O=C(Nc1cccc([N+](=O)[O-])c1)c1cc(-c2cccc(Cl)c2)on1. The van der Waals surface area contributed by atoms with Crippen molar-refractivity contribution in [3.8, 4) is 11.3 Å². The Balaban J connectivity index is 1.79. The van der Waals surface area contributed by atoms with Crippen LogP contribution in [0.1, 0.15) is 10.5 Å². The van der Waals surface area contributed by atoms with Crippen LogP contribution in [-0.2, 0) is 0 Å². The summed E-state index contributed by atoms with van der Waals surface area (Å²) in [4.78, 5) is 22.4. The number of halogens is 1. The summed E-state index contributed by atoms with van der Waals surface area (Å²) in [6, 6.07) is 14.0. The molecular formula is C16H10ClN3O4. The Morgan fingerprint density at radius 1 is 1.17 bits per heavy atom. The molecule has 3 rings (SSSR count). The van der Waals surface area contributed by atoms with E-state index < -0.39 is 10.8 Å². The molecule has 3 aromatic rings. The number of rotatable bonds is 4. The molecule has 0 aliphatic carbocycles. The number of amides is 1. The Morgan fingerprint density at radius 2 is 1.96 bits per heavy atom. The molecule has 8 heteroatoms. The molecule has 0 aliphatic rings. The van der Waals surface area contributed by atoms with Crippen LogP contribution < -0.4 is 5.32 Å². The average Bonchev–Trinajstić information content (AvgIpc) is 3.05. The first-order valence-electron chi connectivity index (χ1n) is 6.81. The standard InChI is InChI=1S/C16H10ClN3O4/c17-11-4-1-3-10(7-11)15-9-14(19-24-15)16(21)18-12-5-2-6-13(8-12)20(22)23/h1-9H,(H,18,21). The molecule has 24 heavy (non-hydrogen) atoms. The summed E-state index contributed by atoms with van der Waals surface area (Å²) < 4.78 is 5.15. The molecule has 1 heterocycles. The number of carbonyl (C=O) groups excluding carboxylic acids is 1. The molecule has 1 aromatic heterocycles. The molecule has 0 unspecified atom stereocenters. The molecule has 1 amide bonds. The second kappa shape index (κ2) is 6.51. The number of carbonyl (C=O) groups is 1. The number of nitrogens with zero attached hydrogens (tertiary/aromatic N) is 2. The van der Waals surface area contributed by atoms with Gasteiger partial charge in [0.2, 0.25) is 0 Å². The predicted octanol–water partition coefficient (Wildman–Crippen LogP) is 4.16. The minimum absolute atomic E-state index is 0.0523. The van der Waals surface area contributed by atoms with E-state index in [1.165, 1.54) is 24.3 Å². The van der Waals surface area contributed by atoms with Crippen LogP contribution in [0.2, 0.25) is 5.02 Å². The average molecular weight is 344 g/mol. The maximum absolute atomic E-state index is 12.2. The summed E-state index contributed by atoms with van der Waals surface area (Å²) in [6.07, 6.45) is 0. The molecule has 0 fully saturated rings. The Morgan fingerprint density at radius 3 is 2.71 bits per heavy atom. The van der Waals surface area contributed by atoms with Crippen molar-refractivity contribution in [1.29, 1.82) is 0 Å². The fraction of sp³-hybridized carbons (Fsp3) is 0. The van der Waals surface area contributed by atoms with Crippen LogP contribution in [0.4, 0.5) is 11.4 Å². The number of nitrogens with one attached hydrogen (secondary N) is 1. The normalized spacial score (nSPS) is 10.4. The lowest BCUT2D eigenvalue weighted by molar-refractivity contribution is -0.384. The van der Waals surface area contributed by atoms with E-state index in [1.54, 1.807) is 30.3 Å². The van der Waals surface area contributed by atoms with E-state index in [-0.39, 0.29) is 11.4 Å². The molecule has 120 valence electrons. The van der Waals surface area contributed by atoms with Crippen molar-refractivity contribution in [3.63, 3.8) is 0 Å². The minimum Gasteiger partial charge on any atom is -0.355 e. The Bertz CT molecular complexity index is 923. The summed E-state index contributed by atoms with van der Waals surface area (Å²) in [5.74, 6) is -0.144. The first-order chi connectivity index (χ1) is 11.5. The first-order valence-corrected chi connectivity index (χ1v) is 7.19. The largest absolute Gasteiger partial charge is 0.355 e. The zero-order valence-corrected chi connectivity index (χ0v) is 12.9. The van der Waals surface area contributed by atoms with Crippen LogP contribution in [0.25, 0.3) is 11.3 Å². The monoisotopic (exact) mass is 343 g/mol. The lowest BCUT2D eigenvalue weighted by Gasteiger charge is -2.01. The van der Waals surface area contributed by atoms with Crippen molar-refractivity contribution in [2.45, 2.75) is 0 Å². The maximum Gasteiger partial charge on any atom is 0.277 e. The van der Waals surface area contributed by atoms with Gasteiger partial charge >= 0.3 is 0 Å². The fourth-order valence-corrected chi connectivity index (χ4v) is 2.24. The van der Waals surface area contributed by atoms with Gasteiger partial charge in [0.25, 0.3) is 11.6 Å². The smallest absolute Gasteiger partial charge is 0.277 e. The zero-order valence-electron chi connectivity index (χ0n) is 12.1. The third-order valence-corrected chi connectivity index (χ3v) is 3.40. The van der Waals surface area contributed by atoms with Crippen LogP contribution >= 0.6 is 11.6 Å². The molecule has 0 saturated heterocycles. The molecule has 0 aliphatic heterocycles. The quantitative estimate of drug-likeness (QED) is 0.566. The molecular weight excluding hydrogens is 334 g/mol. The van der Waals surface area contributed by atoms with Gasteiger partial charge in [-0.3, -0.25) is 14.9 Å². The van der Waals surface area contributed by atoms with Crippen LogP contribution in [0.3, 0.4) is 0 Å². The van der Waals surface area contributed by atoms with Crippen molar-refractivity contribution < 1.29 is 14.2 Å². The second-order valence-corrected chi connectivity index (χ2v) is 5.28. The van der Waals surface area contributed by atoms with Crippen LogP contribution in [0, 0.1) is 10.1 Å². The molecule has 7 nitrogen and oxygen atoms in total. The van der Waals surface area contributed by atoms with E-state index in [0.29, 0.717) is 22.0 Å².